The maximum absolute atomic E-state index is 15.4. The Balaban J connectivity index is 1.68. The molecule has 1 heterocycles. The topological polar surface area (TPSA) is 35.5 Å². The molecule has 0 saturated heterocycles. The van der Waals surface area contributed by atoms with E-state index in [9.17, 15) is 4.79 Å². The predicted octanol–water partition coefficient (Wildman–Crippen LogP) is 4.35. The van der Waals surface area contributed by atoms with E-state index in [1.807, 2.05) is 6.07 Å². The van der Waals surface area contributed by atoms with Gasteiger partial charge in [0.2, 0.25) is 5.60 Å². The standard InChI is InChI=1S/C20H18F2O3/c1-24-15-6-4-5-13(12-15)11-14-9-10-19(20(14,21)22)17-8-3-2-7-16(17)18(23)25-19/h2-8,12,14H,9-11H2,1H3. The number of rotatable bonds is 3. The minimum atomic E-state index is -3.13. The van der Waals surface area contributed by atoms with E-state index in [-0.39, 0.29) is 18.4 Å². The van der Waals surface area contributed by atoms with Gasteiger partial charge in [-0.25, -0.2) is 13.6 Å². The third-order valence-electron chi connectivity index (χ3n) is 5.36. The lowest BCUT2D eigenvalue weighted by molar-refractivity contribution is -0.181. The zero-order valence-electron chi connectivity index (χ0n) is 13.8. The molecule has 1 fully saturated rings. The van der Waals surface area contributed by atoms with E-state index >= 15 is 8.78 Å². The van der Waals surface area contributed by atoms with Gasteiger partial charge in [0.1, 0.15) is 5.75 Å². The molecule has 5 heteroatoms. The summed E-state index contributed by atoms with van der Waals surface area (Å²) < 4.78 is 41.2. The molecule has 1 spiro atoms. The first kappa shape index (κ1) is 16.1. The fraction of sp³-hybridized carbons (Fsp3) is 0.350. The van der Waals surface area contributed by atoms with Crippen molar-refractivity contribution >= 4 is 5.97 Å². The highest BCUT2D eigenvalue weighted by atomic mass is 19.3. The molecular formula is C20H18F2O3. The molecule has 1 saturated carbocycles. The van der Waals surface area contributed by atoms with Gasteiger partial charge in [0.15, 0.2) is 0 Å². The van der Waals surface area contributed by atoms with Crippen LogP contribution in [0.2, 0.25) is 0 Å². The van der Waals surface area contributed by atoms with Gasteiger partial charge in [0.25, 0.3) is 5.92 Å². The van der Waals surface area contributed by atoms with E-state index < -0.39 is 23.4 Å². The predicted molar refractivity (Wildman–Crippen MR) is 87.9 cm³/mol. The highest BCUT2D eigenvalue weighted by molar-refractivity contribution is 5.95. The maximum Gasteiger partial charge on any atom is 0.339 e. The minimum absolute atomic E-state index is 0.136. The normalized spacial score (nSPS) is 26.5. The molecule has 0 bridgehead atoms. The second-order valence-electron chi connectivity index (χ2n) is 6.68. The molecule has 2 aromatic rings. The summed E-state index contributed by atoms with van der Waals surface area (Å²) in [5.41, 5.74) is -0.467. The number of esters is 1. The fourth-order valence-electron chi connectivity index (χ4n) is 4.08. The van der Waals surface area contributed by atoms with Crippen LogP contribution in [0.5, 0.6) is 5.75 Å². The molecule has 130 valence electrons. The first-order chi connectivity index (χ1) is 12.0. The Morgan fingerprint density at radius 1 is 1.20 bits per heavy atom. The van der Waals surface area contributed by atoms with Crippen molar-refractivity contribution in [2.45, 2.75) is 30.8 Å². The average molecular weight is 344 g/mol. The van der Waals surface area contributed by atoms with Crippen LogP contribution in [0.15, 0.2) is 48.5 Å². The summed E-state index contributed by atoms with van der Waals surface area (Å²) in [6, 6.07) is 13.6. The molecular weight excluding hydrogens is 326 g/mol. The van der Waals surface area contributed by atoms with Crippen molar-refractivity contribution < 1.29 is 23.0 Å². The van der Waals surface area contributed by atoms with E-state index in [1.165, 1.54) is 0 Å². The number of ether oxygens (including phenoxy) is 2. The lowest BCUT2D eigenvalue weighted by atomic mass is 9.85. The van der Waals surface area contributed by atoms with Crippen molar-refractivity contribution in [3.63, 3.8) is 0 Å². The monoisotopic (exact) mass is 344 g/mol. The number of halogens is 2. The van der Waals surface area contributed by atoms with Crippen LogP contribution in [-0.2, 0) is 16.8 Å². The number of hydrogen-bond acceptors (Lipinski definition) is 3. The van der Waals surface area contributed by atoms with Crippen LogP contribution in [0.25, 0.3) is 0 Å². The lowest BCUT2D eigenvalue weighted by Crippen LogP contribution is -2.45. The molecule has 0 radical (unpaired) electrons. The second kappa shape index (κ2) is 5.55. The number of carbonyl (C=O) groups excluding carboxylic acids is 1. The van der Waals surface area contributed by atoms with Gasteiger partial charge < -0.3 is 9.47 Å². The summed E-state index contributed by atoms with van der Waals surface area (Å²) in [5.74, 6) is -4.03. The summed E-state index contributed by atoms with van der Waals surface area (Å²) in [6.45, 7) is 0. The summed E-state index contributed by atoms with van der Waals surface area (Å²) >= 11 is 0. The summed E-state index contributed by atoms with van der Waals surface area (Å²) in [5, 5.41) is 0. The van der Waals surface area contributed by atoms with Crippen molar-refractivity contribution in [1.82, 2.24) is 0 Å². The quantitative estimate of drug-likeness (QED) is 0.777. The second-order valence-corrected chi connectivity index (χ2v) is 6.68. The van der Waals surface area contributed by atoms with E-state index in [4.69, 9.17) is 9.47 Å². The molecule has 2 unspecified atom stereocenters. The largest absolute Gasteiger partial charge is 0.497 e. The van der Waals surface area contributed by atoms with Crippen molar-refractivity contribution in [3.8, 4) is 5.75 Å². The molecule has 0 N–H and O–H groups in total. The number of carbonyl (C=O) groups is 1. The molecule has 1 aliphatic heterocycles. The van der Waals surface area contributed by atoms with Crippen LogP contribution in [0.3, 0.4) is 0 Å². The minimum Gasteiger partial charge on any atom is -0.497 e. The Labute approximate surface area is 144 Å². The molecule has 2 aliphatic rings. The van der Waals surface area contributed by atoms with Crippen LogP contribution in [0.4, 0.5) is 8.78 Å². The van der Waals surface area contributed by atoms with Gasteiger partial charge in [-0.1, -0.05) is 30.3 Å². The van der Waals surface area contributed by atoms with Crippen LogP contribution in [0, 0.1) is 5.92 Å². The molecule has 1 aliphatic carbocycles. The molecule has 0 amide bonds. The zero-order chi connectivity index (χ0) is 17.7. The highest BCUT2D eigenvalue weighted by Gasteiger charge is 2.69. The number of benzene rings is 2. The van der Waals surface area contributed by atoms with E-state index in [0.29, 0.717) is 17.7 Å². The Bertz CT molecular complexity index is 833. The van der Waals surface area contributed by atoms with Crippen LogP contribution < -0.4 is 4.74 Å². The molecule has 2 atom stereocenters. The van der Waals surface area contributed by atoms with Crippen LogP contribution >= 0.6 is 0 Å². The van der Waals surface area contributed by atoms with Crippen LogP contribution in [-0.4, -0.2) is 19.0 Å². The van der Waals surface area contributed by atoms with Gasteiger partial charge in [-0.2, -0.15) is 0 Å². The third kappa shape index (κ3) is 2.25. The van der Waals surface area contributed by atoms with Crippen molar-refractivity contribution in [2.24, 2.45) is 5.92 Å². The van der Waals surface area contributed by atoms with Crippen molar-refractivity contribution in [3.05, 3.63) is 65.2 Å². The van der Waals surface area contributed by atoms with Crippen molar-refractivity contribution in [1.29, 1.82) is 0 Å². The van der Waals surface area contributed by atoms with E-state index in [2.05, 4.69) is 0 Å². The number of methoxy groups -OCH3 is 1. The Morgan fingerprint density at radius 3 is 2.80 bits per heavy atom. The Kier molecular flexibility index (Phi) is 3.56. The number of alkyl halides is 2. The molecule has 4 rings (SSSR count). The van der Waals surface area contributed by atoms with Gasteiger partial charge in [-0.05, 0) is 43.0 Å². The van der Waals surface area contributed by atoms with Gasteiger partial charge in [-0.3, -0.25) is 0 Å². The first-order valence-electron chi connectivity index (χ1n) is 8.31. The summed E-state index contributed by atoms with van der Waals surface area (Å²) in [4.78, 5) is 12.1. The highest BCUT2D eigenvalue weighted by Crippen LogP contribution is 2.59. The van der Waals surface area contributed by atoms with Gasteiger partial charge >= 0.3 is 5.97 Å². The Hall–Kier alpha value is -2.43. The number of hydrogen-bond donors (Lipinski definition) is 0. The molecule has 3 nitrogen and oxygen atoms in total. The summed E-state index contributed by atoms with van der Waals surface area (Å²) in [7, 11) is 1.55. The molecule has 0 aromatic heterocycles. The summed E-state index contributed by atoms with van der Waals surface area (Å²) in [6.07, 6.45) is 0.648. The Morgan fingerprint density at radius 2 is 2.00 bits per heavy atom. The lowest BCUT2D eigenvalue weighted by Gasteiger charge is -2.33. The van der Waals surface area contributed by atoms with E-state index in [1.54, 1.807) is 49.6 Å². The number of fused-ring (bicyclic) bond motifs is 2. The molecule has 25 heavy (non-hydrogen) atoms. The maximum atomic E-state index is 15.4. The van der Waals surface area contributed by atoms with Crippen LogP contribution in [0.1, 0.15) is 34.3 Å². The molecule has 2 aromatic carbocycles. The van der Waals surface area contributed by atoms with Gasteiger partial charge in [0.05, 0.1) is 12.7 Å². The van der Waals surface area contributed by atoms with Crippen molar-refractivity contribution in [2.75, 3.05) is 7.11 Å². The van der Waals surface area contributed by atoms with Gasteiger partial charge in [-0.15, -0.1) is 0 Å². The van der Waals surface area contributed by atoms with Gasteiger partial charge in [0, 0.05) is 11.5 Å². The zero-order valence-corrected chi connectivity index (χ0v) is 13.8. The average Bonchev–Trinajstić information content (AvgIpc) is 3.05. The SMILES string of the molecule is COc1cccc(CC2CCC3(OC(=O)c4ccccc43)C2(F)F)c1. The fourth-order valence-corrected chi connectivity index (χ4v) is 4.08. The third-order valence-corrected chi connectivity index (χ3v) is 5.36. The first-order valence-corrected chi connectivity index (χ1v) is 8.31. The smallest absolute Gasteiger partial charge is 0.339 e. The van der Waals surface area contributed by atoms with E-state index in [0.717, 1.165) is 5.56 Å².